The van der Waals surface area contributed by atoms with Gasteiger partial charge in [0.25, 0.3) is 0 Å². The van der Waals surface area contributed by atoms with E-state index in [0.29, 0.717) is 16.3 Å². The van der Waals surface area contributed by atoms with Crippen LogP contribution >= 0.6 is 11.6 Å². The molecule has 0 bridgehead atoms. The Labute approximate surface area is 171 Å². The third-order valence-corrected chi connectivity index (χ3v) is 6.19. The number of aliphatic carboxylic acids is 1. The maximum Gasteiger partial charge on any atom is 0.303 e. The van der Waals surface area contributed by atoms with Crippen LogP contribution < -0.4 is 10.6 Å². The van der Waals surface area contributed by atoms with Gasteiger partial charge in [-0.2, -0.15) is 0 Å². The number of likely N-dealkylation sites (tertiary alicyclic amines) is 1. The largest absolute Gasteiger partial charge is 0.481 e. The Kier molecular flexibility index (Phi) is 4.84. The summed E-state index contributed by atoms with van der Waals surface area (Å²) in [6.45, 7) is 0.249. The van der Waals surface area contributed by atoms with Crippen molar-refractivity contribution in [1.82, 2.24) is 10.2 Å². The molecule has 4 atom stereocenters. The van der Waals surface area contributed by atoms with Gasteiger partial charge >= 0.3 is 5.97 Å². The summed E-state index contributed by atoms with van der Waals surface area (Å²) in [5.41, 5.74) is -0.458. The van der Waals surface area contributed by atoms with Crippen molar-refractivity contribution in [3.63, 3.8) is 0 Å². The van der Waals surface area contributed by atoms with Crippen molar-refractivity contribution in [2.45, 2.75) is 24.4 Å². The van der Waals surface area contributed by atoms with E-state index in [0.717, 1.165) is 4.90 Å². The lowest BCUT2D eigenvalue weighted by Crippen LogP contribution is -2.53. The first-order valence-electron chi connectivity index (χ1n) is 9.26. The molecule has 2 saturated heterocycles. The summed E-state index contributed by atoms with van der Waals surface area (Å²) < 4.78 is 5.00. The SMILES string of the molecule is COCCN1C(=O)[C@@H]2[C@H](CCC(=O)O)N[C@]3(C(=O)Nc4ccc(Cl)cc43)[C@@H]2C1=O. The van der Waals surface area contributed by atoms with Crippen LogP contribution in [0.1, 0.15) is 18.4 Å². The molecule has 1 aromatic rings. The molecule has 0 aliphatic carbocycles. The number of hydrogen-bond donors (Lipinski definition) is 3. The third-order valence-electron chi connectivity index (χ3n) is 5.96. The zero-order chi connectivity index (χ0) is 20.9. The minimum Gasteiger partial charge on any atom is -0.481 e. The molecule has 2 fully saturated rings. The minimum absolute atomic E-state index is 0.0763. The highest BCUT2D eigenvalue weighted by Gasteiger charge is 2.70. The van der Waals surface area contributed by atoms with E-state index in [1.54, 1.807) is 18.2 Å². The number of methoxy groups -OCH3 is 1. The lowest BCUT2D eigenvalue weighted by atomic mass is 9.76. The molecule has 4 rings (SSSR count). The first kappa shape index (κ1) is 19.8. The number of carboxylic acid groups (broad SMARTS) is 1. The van der Waals surface area contributed by atoms with E-state index in [4.69, 9.17) is 21.4 Å². The molecule has 1 spiro atoms. The van der Waals surface area contributed by atoms with Crippen LogP contribution in [0.25, 0.3) is 0 Å². The molecule has 0 aromatic heterocycles. The monoisotopic (exact) mass is 421 g/mol. The number of hydrogen-bond acceptors (Lipinski definition) is 6. The van der Waals surface area contributed by atoms with Gasteiger partial charge in [-0.25, -0.2) is 0 Å². The van der Waals surface area contributed by atoms with Gasteiger partial charge in [0.05, 0.1) is 25.0 Å². The van der Waals surface area contributed by atoms with Crippen LogP contribution in [0.2, 0.25) is 5.02 Å². The third kappa shape index (κ3) is 2.84. The predicted molar refractivity (Wildman–Crippen MR) is 101 cm³/mol. The topological polar surface area (TPSA) is 125 Å². The Bertz CT molecular complexity index is 921. The van der Waals surface area contributed by atoms with Crippen LogP contribution in [-0.2, 0) is 29.5 Å². The number of nitrogens with zero attached hydrogens (tertiary/aromatic N) is 1. The fourth-order valence-electron chi connectivity index (χ4n) is 4.76. The summed E-state index contributed by atoms with van der Waals surface area (Å²) in [6.07, 6.45) is -0.0842. The standard InChI is InChI=1S/C19H20ClN3O6/c1-29-7-6-23-16(26)14-12(4-5-13(24)25)22-19(15(14)17(23)27)10-8-9(20)2-3-11(10)21-18(19)28/h2-3,8,12,14-15,22H,4-7H2,1H3,(H,21,28)(H,24,25)/t12-,14+,15-,19-/m0/s1. The van der Waals surface area contributed by atoms with Gasteiger partial charge in [0, 0.05) is 35.8 Å². The highest BCUT2D eigenvalue weighted by atomic mass is 35.5. The van der Waals surface area contributed by atoms with Crippen LogP contribution in [0.3, 0.4) is 0 Å². The Morgan fingerprint density at radius 1 is 1.31 bits per heavy atom. The highest BCUT2D eigenvalue weighted by Crippen LogP contribution is 2.53. The molecule has 9 nitrogen and oxygen atoms in total. The van der Waals surface area contributed by atoms with E-state index < -0.39 is 47.1 Å². The van der Waals surface area contributed by atoms with Gasteiger partial charge in [0.1, 0.15) is 5.54 Å². The molecule has 3 aliphatic heterocycles. The number of carbonyl (C=O) groups is 4. The molecule has 10 heteroatoms. The molecule has 3 N–H and O–H groups in total. The number of fused-ring (bicyclic) bond motifs is 4. The number of amides is 3. The van der Waals surface area contributed by atoms with Crippen molar-refractivity contribution in [3.8, 4) is 0 Å². The lowest BCUT2D eigenvalue weighted by Gasteiger charge is -2.29. The smallest absolute Gasteiger partial charge is 0.303 e. The van der Waals surface area contributed by atoms with Gasteiger partial charge < -0.3 is 15.2 Å². The van der Waals surface area contributed by atoms with Crippen molar-refractivity contribution in [2.24, 2.45) is 11.8 Å². The summed E-state index contributed by atoms with van der Waals surface area (Å²) in [7, 11) is 1.47. The van der Waals surface area contributed by atoms with Gasteiger partial charge in [-0.05, 0) is 24.6 Å². The zero-order valence-corrected chi connectivity index (χ0v) is 16.4. The van der Waals surface area contributed by atoms with Crippen molar-refractivity contribution >= 4 is 41.0 Å². The lowest BCUT2D eigenvalue weighted by molar-refractivity contribution is -0.144. The Morgan fingerprint density at radius 3 is 2.76 bits per heavy atom. The minimum atomic E-state index is -1.47. The highest BCUT2D eigenvalue weighted by molar-refractivity contribution is 6.31. The van der Waals surface area contributed by atoms with Crippen molar-refractivity contribution in [2.75, 3.05) is 25.6 Å². The molecule has 0 saturated carbocycles. The number of nitrogens with one attached hydrogen (secondary N) is 2. The van der Waals surface area contributed by atoms with Crippen LogP contribution in [-0.4, -0.2) is 60.0 Å². The number of rotatable bonds is 6. The second kappa shape index (κ2) is 7.08. The molecule has 0 unspecified atom stereocenters. The Balaban J connectivity index is 1.81. The van der Waals surface area contributed by atoms with Crippen LogP contribution in [0, 0.1) is 11.8 Å². The maximum absolute atomic E-state index is 13.3. The second-order valence-corrected chi connectivity index (χ2v) is 7.90. The van der Waals surface area contributed by atoms with E-state index >= 15 is 0 Å². The van der Waals surface area contributed by atoms with E-state index in [1.165, 1.54) is 7.11 Å². The first-order valence-corrected chi connectivity index (χ1v) is 9.64. The van der Waals surface area contributed by atoms with E-state index in [2.05, 4.69) is 10.6 Å². The molecule has 154 valence electrons. The number of carbonyl (C=O) groups excluding carboxylic acids is 3. The number of carboxylic acids is 1. The summed E-state index contributed by atoms with van der Waals surface area (Å²) in [5, 5.41) is 15.4. The number of anilines is 1. The number of benzene rings is 1. The fraction of sp³-hybridized carbons (Fsp3) is 0.474. The van der Waals surface area contributed by atoms with Crippen molar-refractivity contribution in [3.05, 3.63) is 28.8 Å². The van der Waals surface area contributed by atoms with Crippen molar-refractivity contribution < 1.29 is 29.0 Å². The van der Waals surface area contributed by atoms with Gasteiger partial charge in [0.15, 0.2) is 0 Å². The number of imide groups is 1. The number of halogens is 1. The summed E-state index contributed by atoms with van der Waals surface area (Å²) >= 11 is 6.15. The summed E-state index contributed by atoms with van der Waals surface area (Å²) in [5.74, 6) is -4.17. The molecule has 1 aromatic carbocycles. The van der Waals surface area contributed by atoms with Gasteiger partial charge in [-0.1, -0.05) is 11.6 Å². The molecule has 0 radical (unpaired) electrons. The maximum atomic E-state index is 13.3. The molecule has 29 heavy (non-hydrogen) atoms. The summed E-state index contributed by atoms with van der Waals surface area (Å²) in [4.78, 5) is 51.7. The normalized spacial score (nSPS) is 30.1. The van der Waals surface area contributed by atoms with Gasteiger partial charge in [0.2, 0.25) is 17.7 Å². The average molecular weight is 422 g/mol. The molecule has 3 aliphatic rings. The summed E-state index contributed by atoms with van der Waals surface area (Å²) in [6, 6.07) is 4.24. The second-order valence-electron chi connectivity index (χ2n) is 7.46. The fourth-order valence-corrected chi connectivity index (χ4v) is 4.94. The molecule has 3 heterocycles. The Morgan fingerprint density at radius 2 is 2.07 bits per heavy atom. The first-order chi connectivity index (χ1) is 13.8. The quantitative estimate of drug-likeness (QED) is 0.573. The van der Waals surface area contributed by atoms with Gasteiger partial charge in [-0.15, -0.1) is 0 Å². The predicted octanol–water partition coefficient (Wildman–Crippen LogP) is 0.572. The van der Waals surface area contributed by atoms with E-state index in [9.17, 15) is 19.2 Å². The Hall–Kier alpha value is -2.49. The molecule has 3 amide bonds. The van der Waals surface area contributed by atoms with E-state index in [-0.39, 0.29) is 26.0 Å². The molecular weight excluding hydrogens is 402 g/mol. The zero-order valence-electron chi connectivity index (χ0n) is 15.6. The average Bonchev–Trinajstić information content (AvgIpc) is 3.24. The van der Waals surface area contributed by atoms with Crippen LogP contribution in [0.15, 0.2) is 18.2 Å². The van der Waals surface area contributed by atoms with Crippen molar-refractivity contribution in [1.29, 1.82) is 0 Å². The molecular formula is C19H20ClN3O6. The van der Waals surface area contributed by atoms with E-state index in [1.807, 2.05) is 0 Å². The van der Waals surface area contributed by atoms with Gasteiger partial charge in [-0.3, -0.25) is 29.4 Å². The van der Waals surface area contributed by atoms with Crippen LogP contribution in [0.4, 0.5) is 5.69 Å². The van der Waals surface area contributed by atoms with Crippen LogP contribution in [0.5, 0.6) is 0 Å². The number of ether oxygens (including phenoxy) is 1.